The fourth-order valence-corrected chi connectivity index (χ4v) is 15.9. The first-order chi connectivity index (χ1) is 55.1. The summed E-state index contributed by atoms with van der Waals surface area (Å²) < 4.78 is 97.1. The standard InChI is InChI=1S/C82H133N8O24P/c1-17-66-49-72(76(87-60(12)91)78(58(66)10)110-63(15)94)105-45-42-102-39-38-101-35-31-86-80(98)70(48-65-20-22-67(23-21-65)68-24-26-69(27-25-68)114-115(109-32-19-28-83)90(53(3)4)54(5)6)89(50-74(96)84-29-33-99-36-40-103-43-46-106-81-57(9)55(7)56(8)73(113-81)52-108-62(14)93)51-75(97)85-30-34-100-37-41-104-44-47-107-82-77(88-61(13)92)79(111-64(16)95)59(11)71(18-2)112-82/h20-27,53-59,66,70-73,76-79,81-82H,17-19,29-52H2,1-16H3,(H,84,96)(H,85,97)(H,86,98)(H,87,91)(H,88,92)/t55-,56+,57+,58-,59-,66-,70?,71+,72+,73+,76-,77+,78-,79-,81+,82+,115?/m0/s1. The third kappa shape index (κ3) is 35.8. The number of amides is 5. The Balaban J connectivity index is 1.25. The Kier molecular flexibility index (Phi) is 46.8. The normalized spacial score (nSPS) is 24.0. The van der Waals surface area contributed by atoms with Gasteiger partial charge in [0.15, 0.2) is 12.6 Å². The maximum Gasteiger partial charge on any atom is 0.321 e. The predicted molar refractivity (Wildman–Crippen MR) is 427 cm³/mol. The van der Waals surface area contributed by atoms with Crippen molar-refractivity contribution in [1.29, 1.82) is 5.26 Å². The van der Waals surface area contributed by atoms with Gasteiger partial charge in [-0.2, -0.15) is 5.26 Å². The molecule has 0 bridgehead atoms. The van der Waals surface area contributed by atoms with E-state index in [-0.39, 0.29) is 235 Å². The zero-order valence-corrected chi connectivity index (χ0v) is 71.6. The van der Waals surface area contributed by atoms with Crippen molar-refractivity contribution in [3.05, 3.63) is 54.1 Å². The van der Waals surface area contributed by atoms with Crippen LogP contribution in [-0.2, 0) is 116 Å². The third-order valence-corrected chi connectivity index (χ3v) is 22.6. The molecular formula is C82H133N8O24P. The number of benzene rings is 2. The van der Waals surface area contributed by atoms with Gasteiger partial charge in [-0.3, -0.25) is 43.3 Å². The van der Waals surface area contributed by atoms with Crippen molar-refractivity contribution < 1.29 is 114 Å². The SMILES string of the molecule is CC[C@H]1C[C@@H](OCCOCCOCCNC(=O)C(Cc2ccc(-c3ccc(OP(OCCC#N)N(C(C)C)C(C)C)cc3)cc2)N(CC(=O)NCCOCCOCCO[C@@H]2O[C@H](COC(C)=O)[C@H](C)[C@H](C)[C@H]2C)CC(=O)NCCOCCOCCO[C@@H]2O[C@H](CC)[C@H](C)[C@H](OC(C)=O)[C@H]2NC(C)=O)[C@H](NC(C)=O)[C@@H](OC(C)=O)[C@H]1C. The summed E-state index contributed by atoms with van der Waals surface area (Å²) in [6, 6.07) is 15.3. The molecule has 2 aromatic rings. The van der Waals surface area contributed by atoms with Gasteiger partial charge in [0.2, 0.25) is 29.5 Å². The van der Waals surface area contributed by atoms with Crippen LogP contribution >= 0.6 is 8.53 Å². The number of rotatable bonds is 55. The van der Waals surface area contributed by atoms with E-state index in [4.69, 9.17) is 75.4 Å². The highest BCUT2D eigenvalue weighted by Crippen LogP contribution is 2.47. The zero-order chi connectivity index (χ0) is 84.4. The summed E-state index contributed by atoms with van der Waals surface area (Å²) in [6.45, 7) is 31.9. The lowest BCUT2D eigenvalue weighted by molar-refractivity contribution is -0.258. The molecule has 5 rings (SSSR count). The first kappa shape index (κ1) is 98.9. The molecule has 2 heterocycles. The topological polar surface area (TPSA) is 375 Å². The van der Waals surface area contributed by atoms with E-state index in [1.807, 2.05) is 69.3 Å². The van der Waals surface area contributed by atoms with Gasteiger partial charge in [0, 0.05) is 78.2 Å². The lowest BCUT2D eigenvalue weighted by Crippen LogP contribution is -2.62. The second-order valence-corrected chi connectivity index (χ2v) is 31.3. The van der Waals surface area contributed by atoms with Crippen molar-refractivity contribution in [2.45, 2.75) is 216 Å². The average molecular weight is 1650 g/mol. The van der Waals surface area contributed by atoms with E-state index in [0.717, 1.165) is 23.1 Å². The van der Waals surface area contributed by atoms with Crippen LogP contribution in [0.3, 0.4) is 0 Å². The molecule has 5 N–H and O–H groups in total. The molecule has 1 aliphatic carbocycles. The van der Waals surface area contributed by atoms with Crippen molar-refractivity contribution in [1.82, 2.24) is 36.2 Å². The smallest absolute Gasteiger partial charge is 0.321 e. The second-order valence-electron chi connectivity index (χ2n) is 29.9. The number of hydrogen-bond acceptors (Lipinski definition) is 27. The Bertz CT molecular complexity index is 3220. The van der Waals surface area contributed by atoms with Crippen LogP contribution < -0.4 is 31.1 Å². The van der Waals surface area contributed by atoms with E-state index in [1.54, 1.807) is 0 Å². The van der Waals surface area contributed by atoms with Crippen molar-refractivity contribution in [3.8, 4) is 22.9 Å². The van der Waals surface area contributed by atoms with E-state index >= 15 is 0 Å². The van der Waals surface area contributed by atoms with E-state index in [2.05, 4.69) is 92.7 Å². The molecule has 2 aliphatic heterocycles. The first-order valence-corrected chi connectivity index (χ1v) is 41.8. The van der Waals surface area contributed by atoms with E-state index in [1.165, 1.54) is 39.5 Å². The molecule has 32 nitrogen and oxygen atoms in total. The average Bonchev–Trinajstić information content (AvgIpc) is 0.800. The van der Waals surface area contributed by atoms with E-state index in [0.29, 0.717) is 18.6 Å². The Morgan fingerprint density at radius 3 is 1.48 bits per heavy atom. The molecule has 17 atom stereocenters. The van der Waals surface area contributed by atoms with Gasteiger partial charge in [-0.25, -0.2) is 4.67 Å². The molecule has 3 fully saturated rings. The first-order valence-electron chi connectivity index (χ1n) is 40.7. The Labute approximate surface area is 682 Å². The van der Waals surface area contributed by atoms with Gasteiger partial charge in [0.1, 0.15) is 30.6 Å². The maximum atomic E-state index is 14.8. The molecule has 2 unspecified atom stereocenters. The minimum absolute atomic E-state index is 0.00620. The van der Waals surface area contributed by atoms with E-state index < -0.39 is 87.2 Å². The fourth-order valence-electron chi connectivity index (χ4n) is 14.3. The van der Waals surface area contributed by atoms with Crippen molar-refractivity contribution in [2.75, 3.05) is 145 Å². The highest BCUT2D eigenvalue weighted by atomic mass is 31.2. The summed E-state index contributed by atoms with van der Waals surface area (Å²) in [5.74, 6) is -2.19. The number of ether oxygens (including phenoxy) is 14. The summed E-state index contributed by atoms with van der Waals surface area (Å²) in [4.78, 5) is 105. The summed E-state index contributed by atoms with van der Waals surface area (Å²) in [6.07, 6.45) is -1.17. The molecule has 115 heavy (non-hydrogen) atoms. The summed E-state index contributed by atoms with van der Waals surface area (Å²) >= 11 is 0. The predicted octanol–water partition coefficient (Wildman–Crippen LogP) is 6.99. The number of carbonyl (C=O) groups excluding carboxylic acids is 8. The molecule has 650 valence electrons. The molecule has 0 aromatic heterocycles. The minimum atomic E-state index is -1.54. The largest absolute Gasteiger partial charge is 0.463 e. The van der Waals surface area contributed by atoms with Crippen LogP contribution in [0, 0.1) is 46.8 Å². The quantitative estimate of drug-likeness (QED) is 0.0193. The van der Waals surface area contributed by atoms with Gasteiger partial charge in [0.05, 0.1) is 162 Å². The number of nitrogens with zero attached hydrogens (tertiary/aromatic N) is 3. The molecule has 33 heteroatoms. The number of nitriles is 1. The van der Waals surface area contributed by atoms with Gasteiger partial charge in [0.25, 0.3) is 0 Å². The van der Waals surface area contributed by atoms with Crippen molar-refractivity contribution in [3.63, 3.8) is 0 Å². The van der Waals surface area contributed by atoms with E-state index in [9.17, 15) is 43.6 Å². The molecule has 2 aromatic carbocycles. The maximum absolute atomic E-state index is 14.8. The number of hydrogen-bond donors (Lipinski definition) is 5. The number of esters is 3. The highest BCUT2D eigenvalue weighted by molar-refractivity contribution is 7.45. The van der Waals surface area contributed by atoms with Gasteiger partial charge >= 0.3 is 26.4 Å². The van der Waals surface area contributed by atoms with Crippen LogP contribution in [-0.4, -0.2) is 275 Å². The van der Waals surface area contributed by atoms with Crippen LogP contribution in [0.15, 0.2) is 48.5 Å². The molecule has 2 saturated heterocycles. The molecule has 3 aliphatic rings. The molecule has 1 saturated carbocycles. The lowest BCUT2D eigenvalue weighted by atomic mass is 9.73. The van der Waals surface area contributed by atoms with Gasteiger partial charge < -0.3 is 102 Å². The number of carbonyl (C=O) groups is 8. The number of nitrogens with one attached hydrogen (secondary N) is 5. The zero-order valence-electron chi connectivity index (χ0n) is 70.7. The van der Waals surface area contributed by atoms with Crippen molar-refractivity contribution >= 4 is 56.0 Å². The van der Waals surface area contributed by atoms with Gasteiger partial charge in [-0.15, -0.1) is 0 Å². The minimum Gasteiger partial charge on any atom is -0.463 e. The second kappa shape index (κ2) is 54.4. The summed E-state index contributed by atoms with van der Waals surface area (Å²) in [5, 5.41) is 23.8. The monoisotopic (exact) mass is 1640 g/mol. The lowest BCUT2D eigenvalue weighted by Gasteiger charge is -2.45. The summed E-state index contributed by atoms with van der Waals surface area (Å²) in [5.41, 5.74) is 2.48. The molecule has 5 amide bonds. The Hall–Kier alpha value is -6.64. The molecule has 0 radical (unpaired) electrons. The van der Waals surface area contributed by atoms with Crippen LogP contribution in [0.4, 0.5) is 0 Å². The van der Waals surface area contributed by atoms with Crippen LogP contribution in [0.25, 0.3) is 11.1 Å². The Morgan fingerprint density at radius 1 is 0.522 bits per heavy atom. The van der Waals surface area contributed by atoms with Crippen LogP contribution in [0.5, 0.6) is 5.75 Å². The highest BCUT2D eigenvalue weighted by Gasteiger charge is 2.48. The third-order valence-electron chi connectivity index (χ3n) is 20.5. The fraction of sp³-hybridized carbons (Fsp3) is 0.744. The van der Waals surface area contributed by atoms with Crippen LogP contribution in [0.1, 0.15) is 142 Å². The Morgan fingerprint density at radius 2 is 0.991 bits per heavy atom. The molecule has 0 spiro atoms. The van der Waals surface area contributed by atoms with Crippen LogP contribution in [0.2, 0.25) is 0 Å². The van der Waals surface area contributed by atoms with Gasteiger partial charge in [-0.05, 0) is 99.5 Å². The molecular weight excluding hydrogens is 1510 g/mol. The van der Waals surface area contributed by atoms with Crippen molar-refractivity contribution in [2.24, 2.45) is 35.5 Å². The van der Waals surface area contributed by atoms with Gasteiger partial charge in [-0.1, -0.05) is 91.3 Å². The summed E-state index contributed by atoms with van der Waals surface area (Å²) in [7, 11) is -1.54.